The van der Waals surface area contributed by atoms with E-state index in [4.69, 9.17) is 4.74 Å². The van der Waals surface area contributed by atoms with Crippen LogP contribution in [-0.2, 0) is 23.1 Å². The van der Waals surface area contributed by atoms with Gasteiger partial charge in [0, 0.05) is 37.9 Å². The highest BCUT2D eigenvalue weighted by atomic mass is 16.5. The Morgan fingerprint density at radius 3 is 3.18 bits per heavy atom. The summed E-state index contributed by atoms with van der Waals surface area (Å²) in [5, 5.41) is 10.1. The number of rotatable bonds is 3. The Balaban J connectivity index is 1.85. The summed E-state index contributed by atoms with van der Waals surface area (Å²) in [6.07, 6.45) is 1.40. The van der Waals surface area contributed by atoms with Crippen molar-refractivity contribution in [1.82, 2.24) is 20.4 Å². The minimum atomic E-state index is -0.374. The average molecular weight is 238 g/mol. The lowest BCUT2D eigenvalue weighted by Gasteiger charge is -2.22. The second-order valence-corrected chi connectivity index (χ2v) is 4.16. The summed E-state index contributed by atoms with van der Waals surface area (Å²) in [5.41, 5.74) is 2.10. The monoisotopic (exact) mass is 238 g/mol. The predicted molar refractivity (Wildman–Crippen MR) is 62.4 cm³/mol. The third-order valence-electron chi connectivity index (χ3n) is 3.01. The van der Waals surface area contributed by atoms with E-state index >= 15 is 0 Å². The fourth-order valence-corrected chi connectivity index (χ4v) is 1.75. The SMILES string of the molecule is Cc1c(CNC(=O)C2CNCCO2)cnn1C. The molecule has 1 fully saturated rings. The second-order valence-electron chi connectivity index (χ2n) is 4.16. The fraction of sp³-hybridized carbons (Fsp3) is 0.636. The number of amides is 1. The Hall–Kier alpha value is -1.40. The van der Waals surface area contributed by atoms with Crippen LogP contribution in [0.2, 0.25) is 0 Å². The van der Waals surface area contributed by atoms with Crippen LogP contribution in [0.3, 0.4) is 0 Å². The maximum absolute atomic E-state index is 11.8. The van der Waals surface area contributed by atoms with Gasteiger partial charge in [0.05, 0.1) is 12.8 Å². The third-order valence-corrected chi connectivity index (χ3v) is 3.01. The molecule has 1 saturated heterocycles. The summed E-state index contributed by atoms with van der Waals surface area (Å²) in [5.74, 6) is -0.0690. The van der Waals surface area contributed by atoms with Crippen LogP contribution in [0.25, 0.3) is 0 Å². The first-order chi connectivity index (χ1) is 8.18. The molecule has 1 unspecified atom stereocenters. The number of aryl methyl sites for hydroxylation is 1. The summed E-state index contributed by atoms with van der Waals surface area (Å²) in [7, 11) is 1.88. The van der Waals surface area contributed by atoms with Crippen LogP contribution in [0.1, 0.15) is 11.3 Å². The molecule has 2 rings (SSSR count). The molecule has 1 aromatic heterocycles. The number of carbonyl (C=O) groups excluding carboxylic acids is 1. The van der Waals surface area contributed by atoms with Gasteiger partial charge in [0.1, 0.15) is 6.10 Å². The van der Waals surface area contributed by atoms with Gasteiger partial charge in [0.25, 0.3) is 5.91 Å². The zero-order valence-electron chi connectivity index (χ0n) is 10.2. The number of morpholine rings is 1. The van der Waals surface area contributed by atoms with Crippen molar-refractivity contribution < 1.29 is 9.53 Å². The van der Waals surface area contributed by atoms with E-state index in [9.17, 15) is 4.79 Å². The number of carbonyl (C=O) groups is 1. The summed E-state index contributed by atoms with van der Waals surface area (Å²) >= 11 is 0. The normalized spacial score (nSPS) is 20.2. The van der Waals surface area contributed by atoms with Crippen molar-refractivity contribution in [2.45, 2.75) is 19.6 Å². The Kier molecular flexibility index (Phi) is 3.75. The van der Waals surface area contributed by atoms with Gasteiger partial charge in [0.2, 0.25) is 0 Å². The van der Waals surface area contributed by atoms with Crippen LogP contribution >= 0.6 is 0 Å². The van der Waals surface area contributed by atoms with Gasteiger partial charge in [-0.3, -0.25) is 9.48 Å². The highest BCUT2D eigenvalue weighted by molar-refractivity contribution is 5.81. The van der Waals surface area contributed by atoms with Gasteiger partial charge in [-0.1, -0.05) is 0 Å². The molecule has 0 bridgehead atoms. The summed E-state index contributed by atoms with van der Waals surface area (Å²) in [6.45, 7) is 4.46. The van der Waals surface area contributed by atoms with Gasteiger partial charge in [0.15, 0.2) is 0 Å². The van der Waals surface area contributed by atoms with Gasteiger partial charge >= 0.3 is 0 Å². The molecule has 0 spiro atoms. The molecule has 0 radical (unpaired) electrons. The van der Waals surface area contributed by atoms with Crippen molar-refractivity contribution in [3.8, 4) is 0 Å². The summed E-state index contributed by atoms with van der Waals surface area (Å²) < 4.78 is 7.16. The lowest BCUT2D eigenvalue weighted by atomic mass is 10.2. The van der Waals surface area contributed by atoms with E-state index < -0.39 is 0 Å². The number of nitrogens with one attached hydrogen (secondary N) is 2. The van der Waals surface area contributed by atoms with Crippen LogP contribution in [0, 0.1) is 6.92 Å². The molecule has 2 heterocycles. The van der Waals surface area contributed by atoms with Gasteiger partial charge < -0.3 is 15.4 Å². The van der Waals surface area contributed by atoms with Gasteiger partial charge in [-0.15, -0.1) is 0 Å². The first-order valence-corrected chi connectivity index (χ1v) is 5.76. The predicted octanol–water partition coefficient (Wildman–Crippen LogP) is -0.667. The number of hydrogen-bond acceptors (Lipinski definition) is 4. The standard InChI is InChI=1S/C11H18N4O2/c1-8-9(6-14-15(8)2)5-13-11(16)10-7-12-3-4-17-10/h6,10,12H,3-5,7H2,1-2H3,(H,13,16). The minimum Gasteiger partial charge on any atom is -0.366 e. The van der Waals surface area contributed by atoms with E-state index in [1.807, 2.05) is 14.0 Å². The zero-order valence-corrected chi connectivity index (χ0v) is 10.2. The van der Waals surface area contributed by atoms with Crippen molar-refractivity contribution in [2.24, 2.45) is 7.05 Å². The van der Waals surface area contributed by atoms with E-state index in [1.54, 1.807) is 10.9 Å². The van der Waals surface area contributed by atoms with Crippen molar-refractivity contribution in [2.75, 3.05) is 19.7 Å². The van der Waals surface area contributed by atoms with Gasteiger partial charge in [-0.25, -0.2) is 0 Å². The molecule has 2 N–H and O–H groups in total. The highest BCUT2D eigenvalue weighted by Crippen LogP contribution is 2.05. The molecular weight excluding hydrogens is 220 g/mol. The first-order valence-electron chi connectivity index (χ1n) is 5.76. The topological polar surface area (TPSA) is 68.2 Å². The number of hydrogen-bond donors (Lipinski definition) is 2. The first kappa shape index (κ1) is 12.1. The molecule has 1 atom stereocenters. The molecule has 0 saturated carbocycles. The molecule has 6 heteroatoms. The molecule has 6 nitrogen and oxygen atoms in total. The van der Waals surface area contributed by atoms with Crippen LogP contribution in [-0.4, -0.2) is 41.5 Å². The molecule has 17 heavy (non-hydrogen) atoms. The largest absolute Gasteiger partial charge is 0.366 e. The molecule has 1 aromatic rings. The van der Waals surface area contributed by atoms with Crippen molar-refractivity contribution >= 4 is 5.91 Å². The van der Waals surface area contributed by atoms with Crippen LogP contribution in [0.4, 0.5) is 0 Å². The lowest BCUT2D eigenvalue weighted by molar-refractivity contribution is -0.134. The number of nitrogens with zero attached hydrogens (tertiary/aromatic N) is 2. The Morgan fingerprint density at radius 2 is 2.59 bits per heavy atom. The van der Waals surface area contributed by atoms with Crippen molar-refractivity contribution in [1.29, 1.82) is 0 Å². The molecular formula is C11H18N4O2. The molecule has 1 aliphatic heterocycles. The van der Waals surface area contributed by atoms with Gasteiger partial charge in [-0.2, -0.15) is 5.10 Å². The van der Waals surface area contributed by atoms with Crippen molar-refractivity contribution in [3.05, 3.63) is 17.5 Å². The van der Waals surface area contributed by atoms with E-state index in [1.165, 1.54) is 0 Å². The smallest absolute Gasteiger partial charge is 0.250 e. The number of ether oxygens (including phenoxy) is 1. The molecule has 0 aromatic carbocycles. The molecule has 94 valence electrons. The minimum absolute atomic E-state index is 0.0690. The van der Waals surface area contributed by atoms with E-state index in [0.29, 0.717) is 19.7 Å². The lowest BCUT2D eigenvalue weighted by Crippen LogP contribution is -2.47. The highest BCUT2D eigenvalue weighted by Gasteiger charge is 2.21. The summed E-state index contributed by atoms with van der Waals surface area (Å²) in [4.78, 5) is 11.8. The third kappa shape index (κ3) is 2.83. The van der Waals surface area contributed by atoms with Crippen LogP contribution in [0.15, 0.2) is 6.20 Å². The van der Waals surface area contributed by atoms with Crippen LogP contribution in [0.5, 0.6) is 0 Å². The quantitative estimate of drug-likeness (QED) is 0.733. The van der Waals surface area contributed by atoms with E-state index in [-0.39, 0.29) is 12.0 Å². The van der Waals surface area contributed by atoms with E-state index in [2.05, 4.69) is 15.7 Å². The maximum Gasteiger partial charge on any atom is 0.250 e. The Bertz CT molecular complexity index is 396. The Labute approximate surface area is 100 Å². The van der Waals surface area contributed by atoms with E-state index in [0.717, 1.165) is 17.8 Å². The molecule has 1 amide bonds. The van der Waals surface area contributed by atoms with Crippen molar-refractivity contribution in [3.63, 3.8) is 0 Å². The Morgan fingerprint density at radius 1 is 1.76 bits per heavy atom. The van der Waals surface area contributed by atoms with Crippen LogP contribution < -0.4 is 10.6 Å². The zero-order chi connectivity index (χ0) is 12.3. The molecule has 1 aliphatic rings. The number of aromatic nitrogens is 2. The van der Waals surface area contributed by atoms with Gasteiger partial charge in [-0.05, 0) is 6.92 Å². The molecule has 0 aliphatic carbocycles. The summed E-state index contributed by atoms with van der Waals surface area (Å²) in [6, 6.07) is 0. The second kappa shape index (κ2) is 5.29. The maximum atomic E-state index is 11.8. The fourth-order valence-electron chi connectivity index (χ4n) is 1.75. The average Bonchev–Trinajstić information content (AvgIpc) is 2.68.